The molecule has 1 amide bonds. The van der Waals surface area contributed by atoms with Gasteiger partial charge in [0.25, 0.3) is 0 Å². The average Bonchev–Trinajstić information content (AvgIpc) is 3.31. The van der Waals surface area contributed by atoms with Crippen LogP contribution in [-0.2, 0) is 14.3 Å². The Balaban J connectivity index is 3.41. The minimum absolute atomic E-state index is 0.00156. The summed E-state index contributed by atoms with van der Waals surface area (Å²) < 4.78 is 5.48. The molecule has 0 saturated carbocycles. The van der Waals surface area contributed by atoms with Crippen LogP contribution in [0.25, 0.3) is 0 Å². The number of hydrogen-bond donors (Lipinski definition) is 3. The van der Waals surface area contributed by atoms with Gasteiger partial charge in [-0.2, -0.15) is 0 Å². The monoisotopic (exact) mass is 914 g/mol. The Morgan fingerprint density at radius 1 is 0.415 bits per heavy atom. The molecule has 2 atom stereocenters. The van der Waals surface area contributed by atoms with E-state index in [1.54, 1.807) is 6.08 Å². The Bertz CT molecular complexity index is 1060. The smallest absolute Gasteiger partial charge is 0.305 e. The summed E-state index contributed by atoms with van der Waals surface area (Å²) in [7, 11) is 0. The van der Waals surface area contributed by atoms with Crippen molar-refractivity contribution in [3.05, 3.63) is 36.5 Å². The minimum atomic E-state index is -0.847. The van der Waals surface area contributed by atoms with Crippen LogP contribution in [0.15, 0.2) is 36.5 Å². The Kier molecular flexibility index (Phi) is 53.1. The van der Waals surface area contributed by atoms with Crippen LogP contribution in [0.2, 0.25) is 0 Å². The van der Waals surface area contributed by atoms with E-state index in [2.05, 4.69) is 43.5 Å². The largest absolute Gasteiger partial charge is 0.466 e. The third kappa shape index (κ3) is 51.3. The molecule has 6 heteroatoms. The van der Waals surface area contributed by atoms with Gasteiger partial charge in [-0.05, 0) is 83.5 Å². The van der Waals surface area contributed by atoms with Gasteiger partial charge in [0.05, 0.1) is 25.4 Å². The van der Waals surface area contributed by atoms with E-state index in [4.69, 9.17) is 4.74 Å². The molecule has 0 spiro atoms. The molecular weight excluding hydrogens is 803 g/mol. The lowest BCUT2D eigenvalue weighted by Crippen LogP contribution is -2.45. The van der Waals surface area contributed by atoms with Crippen molar-refractivity contribution in [2.45, 2.75) is 315 Å². The number of aliphatic hydroxyl groups is 2. The third-order valence-electron chi connectivity index (χ3n) is 13.1. The molecular formula is C59H111NO5. The lowest BCUT2D eigenvalue weighted by Gasteiger charge is -2.20. The number of unbranched alkanes of at least 4 members (excludes halogenated alkanes) is 38. The molecule has 2 unspecified atom stereocenters. The zero-order valence-corrected chi connectivity index (χ0v) is 43.5. The molecule has 0 aromatic carbocycles. The van der Waals surface area contributed by atoms with E-state index in [1.807, 2.05) is 6.08 Å². The highest BCUT2D eigenvalue weighted by atomic mass is 16.5. The van der Waals surface area contributed by atoms with Gasteiger partial charge in [0.2, 0.25) is 5.91 Å². The molecule has 0 heterocycles. The number of ether oxygens (including phenoxy) is 1. The van der Waals surface area contributed by atoms with E-state index in [9.17, 15) is 19.8 Å². The van der Waals surface area contributed by atoms with Crippen LogP contribution < -0.4 is 5.32 Å². The van der Waals surface area contributed by atoms with Crippen molar-refractivity contribution in [3.63, 3.8) is 0 Å². The van der Waals surface area contributed by atoms with E-state index in [1.165, 1.54) is 225 Å². The number of rotatable bonds is 53. The first-order valence-corrected chi connectivity index (χ1v) is 28.8. The molecule has 0 saturated heterocycles. The highest BCUT2D eigenvalue weighted by molar-refractivity contribution is 5.76. The van der Waals surface area contributed by atoms with Crippen LogP contribution >= 0.6 is 0 Å². The summed E-state index contributed by atoms with van der Waals surface area (Å²) in [5, 5.41) is 23.0. The SMILES string of the molecule is CCCCCCCCC/C=C\CCCCCCCC(=O)OCCCCCCCCCCCCC/C=C\CCCCCCCCCC(=O)NC(CO)C(O)/C=C/CCCCCCCCCC. The quantitative estimate of drug-likeness (QED) is 0.0321. The van der Waals surface area contributed by atoms with Crippen LogP contribution in [0.5, 0.6) is 0 Å². The maximum Gasteiger partial charge on any atom is 0.305 e. The summed E-state index contributed by atoms with van der Waals surface area (Å²) >= 11 is 0. The molecule has 0 aliphatic heterocycles. The Morgan fingerprint density at radius 2 is 0.723 bits per heavy atom. The molecule has 0 aliphatic carbocycles. The van der Waals surface area contributed by atoms with Crippen molar-refractivity contribution in [1.82, 2.24) is 5.32 Å². The summed E-state index contributed by atoms with van der Waals surface area (Å²) in [6.07, 6.45) is 67.5. The van der Waals surface area contributed by atoms with Crippen molar-refractivity contribution in [3.8, 4) is 0 Å². The van der Waals surface area contributed by atoms with E-state index in [-0.39, 0.29) is 18.5 Å². The van der Waals surface area contributed by atoms with Crippen LogP contribution in [0.4, 0.5) is 0 Å². The number of esters is 1. The topological polar surface area (TPSA) is 95.9 Å². The number of amides is 1. The molecule has 65 heavy (non-hydrogen) atoms. The van der Waals surface area contributed by atoms with Gasteiger partial charge >= 0.3 is 5.97 Å². The van der Waals surface area contributed by atoms with E-state index in [0.717, 1.165) is 51.4 Å². The van der Waals surface area contributed by atoms with Crippen molar-refractivity contribution in [2.75, 3.05) is 13.2 Å². The first kappa shape index (κ1) is 63.1. The van der Waals surface area contributed by atoms with Gasteiger partial charge in [0.15, 0.2) is 0 Å². The minimum Gasteiger partial charge on any atom is -0.466 e. The molecule has 0 radical (unpaired) electrons. The van der Waals surface area contributed by atoms with Gasteiger partial charge in [0, 0.05) is 12.8 Å². The number of allylic oxidation sites excluding steroid dienone is 5. The normalized spacial score (nSPS) is 12.9. The third-order valence-corrected chi connectivity index (χ3v) is 13.1. The summed E-state index contributed by atoms with van der Waals surface area (Å²) in [6, 6.07) is -0.631. The van der Waals surface area contributed by atoms with Gasteiger partial charge in [-0.25, -0.2) is 0 Å². The van der Waals surface area contributed by atoms with Crippen molar-refractivity contribution < 1.29 is 24.5 Å². The highest BCUT2D eigenvalue weighted by Crippen LogP contribution is 2.16. The molecule has 0 bridgehead atoms. The summed E-state index contributed by atoms with van der Waals surface area (Å²) in [6.45, 7) is 4.87. The molecule has 382 valence electrons. The molecule has 0 aromatic rings. The van der Waals surface area contributed by atoms with E-state index >= 15 is 0 Å². The number of hydrogen-bond acceptors (Lipinski definition) is 5. The Hall–Kier alpha value is -1.92. The second-order valence-electron chi connectivity index (χ2n) is 19.6. The molecule has 0 aliphatic rings. The van der Waals surface area contributed by atoms with Gasteiger partial charge < -0.3 is 20.3 Å². The van der Waals surface area contributed by atoms with E-state index in [0.29, 0.717) is 19.4 Å². The van der Waals surface area contributed by atoms with Crippen molar-refractivity contribution in [1.29, 1.82) is 0 Å². The lowest BCUT2D eigenvalue weighted by molar-refractivity contribution is -0.143. The first-order chi connectivity index (χ1) is 32.0. The number of nitrogens with one attached hydrogen (secondary N) is 1. The molecule has 0 aromatic heterocycles. The predicted octanol–water partition coefficient (Wildman–Crippen LogP) is 17.6. The summed E-state index contributed by atoms with van der Waals surface area (Å²) in [5.74, 6) is -0.0757. The van der Waals surface area contributed by atoms with Crippen LogP contribution in [0.3, 0.4) is 0 Å². The Morgan fingerprint density at radius 3 is 1.09 bits per heavy atom. The first-order valence-electron chi connectivity index (χ1n) is 28.8. The summed E-state index contributed by atoms with van der Waals surface area (Å²) in [4.78, 5) is 24.4. The maximum atomic E-state index is 12.4. The predicted molar refractivity (Wildman–Crippen MR) is 283 cm³/mol. The average molecular weight is 915 g/mol. The van der Waals surface area contributed by atoms with Crippen molar-refractivity contribution >= 4 is 11.9 Å². The van der Waals surface area contributed by atoms with Gasteiger partial charge in [-0.15, -0.1) is 0 Å². The number of carbonyl (C=O) groups is 2. The zero-order chi connectivity index (χ0) is 47.2. The molecule has 0 fully saturated rings. The molecule has 3 N–H and O–H groups in total. The number of carbonyl (C=O) groups excluding carboxylic acids is 2. The summed E-state index contributed by atoms with van der Waals surface area (Å²) in [5.41, 5.74) is 0. The van der Waals surface area contributed by atoms with Gasteiger partial charge in [0.1, 0.15) is 0 Å². The fourth-order valence-corrected chi connectivity index (χ4v) is 8.68. The van der Waals surface area contributed by atoms with Crippen molar-refractivity contribution in [2.24, 2.45) is 0 Å². The van der Waals surface area contributed by atoms with Crippen LogP contribution in [-0.4, -0.2) is 47.4 Å². The van der Waals surface area contributed by atoms with Gasteiger partial charge in [-0.3, -0.25) is 9.59 Å². The second kappa shape index (κ2) is 54.7. The molecule has 0 rings (SSSR count). The van der Waals surface area contributed by atoms with Crippen LogP contribution in [0, 0.1) is 0 Å². The Labute approximate surface area is 404 Å². The fraction of sp³-hybridized carbons (Fsp3) is 0.864. The standard InChI is InChI=1S/C59H111NO5/c1-3-5-7-9-11-13-15-16-17-27-30-33-37-41-45-49-53-59(64)65-54-50-46-42-38-34-31-28-25-23-21-19-18-20-22-24-26-29-32-36-40-44-48-52-58(63)60-56(55-61)57(62)51-47-43-39-35-14-12-10-8-6-4-2/h17,20,22,27,47,51,56-57,61-62H,3-16,18-19,21,23-26,28-46,48-50,52-55H2,1-2H3,(H,60,63)/b22-20-,27-17-,51-47+. The number of aliphatic hydroxyl groups excluding tert-OH is 2. The van der Waals surface area contributed by atoms with Crippen LogP contribution in [0.1, 0.15) is 303 Å². The van der Waals surface area contributed by atoms with Gasteiger partial charge in [-0.1, -0.05) is 243 Å². The van der Waals surface area contributed by atoms with E-state index < -0.39 is 12.1 Å². The maximum absolute atomic E-state index is 12.4. The molecule has 6 nitrogen and oxygen atoms in total. The second-order valence-corrected chi connectivity index (χ2v) is 19.6. The highest BCUT2D eigenvalue weighted by Gasteiger charge is 2.18. The fourth-order valence-electron chi connectivity index (χ4n) is 8.68. The zero-order valence-electron chi connectivity index (χ0n) is 43.5. The lowest BCUT2D eigenvalue weighted by atomic mass is 10.0.